The van der Waals surface area contributed by atoms with Gasteiger partial charge in [-0.1, -0.05) is 18.9 Å². The zero-order chi connectivity index (χ0) is 15.6. The van der Waals surface area contributed by atoms with Crippen LogP contribution in [0.25, 0.3) is 0 Å². The molecule has 0 aliphatic heterocycles. The van der Waals surface area contributed by atoms with Crippen LogP contribution in [-0.4, -0.2) is 5.11 Å². The molecule has 0 radical (unpaired) electrons. The van der Waals surface area contributed by atoms with Crippen LogP contribution in [0.4, 0.5) is 22.0 Å². The van der Waals surface area contributed by atoms with Crippen LogP contribution in [0.15, 0.2) is 11.6 Å². The Kier molecular flexibility index (Phi) is 4.98. The second-order valence-electron chi connectivity index (χ2n) is 5.12. The molecule has 1 aliphatic rings. The zero-order valence-corrected chi connectivity index (χ0v) is 11.2. The van der Waals surface area contributed by atoms with E-state index in [4.69, 9.17) is 0 Å². The van der Waals surface area contributed by atoms with Gasteiger partial charge in [0.25, 0.3) is 0 Å². The molecule has 21 heavy (non-hydrogen) atoms. The van der Waals surface area contributed by atoms with Crippen LogP contribution in [-0.2, 0) is 0 Å². The molecular formula is C15H15F5O. The first kappa shape index (κ1) is 15.9. The first-order valence-corrected chi connectivity index (χ1v) is 6.83. The number of hydrogen-bond donors (Lipinski definition) is 1. The minimum Gasteiger partial charge on any atom is -0.384 e. The highest BCUT2D eigenvalue weighted by Gasteiger charge is 2.31. The fourth-order valence-corrected chi connectivity index (χ4v) is 2.51. The van der Waals surface area contributed by atoms with Crippen molar-refractivity contribution < 1.29 is 27.1 Å². The van der Waals surface area contributed by atoms with Gasteiger partial charge in [0.1, 0.15) is 6.10 Å². The third kappa shape index (κ3) is 3.10. The summed E-state index contributed by atoms with van der Waals surface area (Å²) in [7, 11) is 0. The predicted octanol–water partition coefficient (Wildman–Crippen LogP) is 4.70. The standard InChI is InChI=1S/C15H15F5O/c16-10-9(11(17)13(19)14(20)12(10)18)15(21)8-6-4-2-1-3-5-7-8/h6,15,21H,1-5,7H2. The molecule has 1 atom stereocenters. The van der Waals surface area contributed by atoms with Crippen molar-refractivity contribution in [2.24, 2.45) is 0 Å². The number of aliphatic hydroxyl groups excluding tert-OH is 1. The Bertz CT molecular complexity index is 539. The third-order valence-electron chi connectivity index (χ3n) is 3.69. The summed E-state index contributed by atoms with van der Waals surface area (Å²) >= 11 is 0. The largest absolute Gasteiger partial charge is 0.384 e. The Balaban J connectivity index is 2.45. The molecule has 0 heterocycles. The predicted molar refractivity (Wildman–Crippen MR) is 67.0 cm³/mol. The highest BCUT2D eigenvalue weighted by Crippen LogP contribution is 2.34. The normalized spacial score (nSPS) is 17.9. The number of halogens is 5. The van der Waals surface area contributed by atoms with Gasteiger partial charge in [0, 0.05) is 0 Å². The number of rotatable bonds is 2. The molecule has 0 saturated carbocycles. The van der Waals surface area contributed by atoms with E-state index in [1.54, 1.807) is 6.08 Å². The molecule has 0 saturated heterocycles. The number of benzene rings is 1. The van der Waals surface area contributed by atoms with Crippen molar-refractivity contribution in [3.05, 3.63) is 46.3 Å². The highest BCUT2D eigenvalue weighted by molar-refractivity contribution is 5.31. The van der Waals surface area contributed by atoms with Crippen LogP contribution in [0.3, 0.4) is 0 Å². The average Bonchev–Trinajstić information content (AvgIpc) is 2.43. The van der Waals surface area contributed by atoms with Gasteiger partial charge in [-0.05, 0) is 31.3 Å². The summed E-state index contributed by atoms with van der Waals surface area (Å²) < 4.78 is 66.7. The van der Waals surface area contributed by atoms with Crippen LogP contribution in [0.5, 0.6) is 0 Å². The summed E-state index contributed by atoms with van der Waals surface area (Å²) in [6, 6.07) is 0. The third-order valence-corrected chi connectivity index (χ3v) is 3.69. The van der Waals surface area contributed by atoms with Crippen LogP contribution in [0.2, 0.25) is 0 Å². The molecule has 0 amide bonds. The minimum atomic E-state index is -2.22. The summed E-state index contributed by atoms with van der Waals surface area (Å²) in [5, 5.41) is 10.1. The van der Waals surface area contributed by atoms with E-state index < -0.39 is 40.8 Å². The van der Waals surface area contributed by atoms with Gasteiger partial charge in [-0.2, -0.15) is 0 Å². The maximum Gasteiger partial charge on any atom is 0.200 e. The molecule has 1 N–H and O–H groups in total. The molecule has 6 heteroatoms. The molecule has 2 rings (SSSR count). The maximum absolute atomic E-state index is 13.7. The van der Waals surface area contributed by atoms with Gasteiger partial charge in [-0.15, -0.1) is 0 Å². The van der Waals surface area contributed by atoms with Gasteiger partial charge < -0.3 is 5.11 Å². The lowest BCUT2D eigenvalue weighted by molar-refractivity contribution is 0.193. The van der Waals surface area contributed by atoms with Gasteiger partial charge in [0.2, 0.25) is 5.82 Å². The SMILES string of the molecule is OC(C1=CCCCCCC1)c1c(F)c(F)c(F)c(F)c1F. The topological polar surface area (TPSA) is 20.2 Å². The molecular weight excluding hydrogens is 291 g/mol. The number of hydrogen-bond acceptors (Lipinski definition) is 1. The second-order valence-corrected chi connectivity index (χ2v) is 5.12. The van der Waals surface area contributed by atoms with Gasteiger partial charge in [0.05, 0.1) is 5.56 Å². The second kappa shape index (κ2) is 6.56. The lowest BCUT2D eigenvalue weighted by Gasteiger charge is -2.19. The van der Waals surface area contributed by atoms with Gasteiger partial charge in [0.15, 0.2) is 23.3 Å². The Morgan fingerprint density at radius 3 is 1.90 bits per heavy atom. The van der Waals surface area contributed by atoms with Crippen molar-refractivity contribution in [2.75, 3.05) is 0 Å². The highest BCUT2D eigenvalue weighted by atomic mass is 19.2. The summed E-state index contributed by atoms with van der Waals surface area (Å²) in [6.45, 7) is 0. The number of aliphatic hydroxyl groups is 1. The average molecular weight is 306 g/mol. The Morgan fingerprint density at radius 2 is 1.29 bits per heavy atom. The summed E-state index contributed by atoms with van der Waals surface area (Å²) in [4.78, 5) is 0. The summed E-state index contributed by atoms with van der Waals surface area (Å²) in [6.07, 6.45) is 4.30. The van der Waals surface area contributed by atoms with Gasteiger partial charge in [-0.3, -0.25) is 0 Å². The molecule has 1 nitrogen and oxygen atoms in total. The van der Waals surface area contributed by atoms with Crippen molar-refractivity contribution in [1.82, 2.24) is 0 Å². The molecule has 1 unspecified atom stereocenters. The lowest BCUT2D eigenvalue weighted by atomic mass is 9.92. The van der Waals surface area contributed by atoms with Crippen molar-refractivity contribution in [3.8, 4) is 0 Å². The van der Waals surface area contributed by atoms with Crippen molar-refractivity contribution in [1.29, 1.82) is 0 Å². The van der Waals surface area contributed by atoms with E-state index in [-0.39, 0.29) is 0 Å². The summed E-state index contributed by atoms with van der Waals surface area (Å²) in [5.41, 5.74) is -0.865. The van der Waals surface area contributed by atoms with Crippen LogP contribution in [0.1, 0.15) is 50.2 Å². The maximum atomic E-state index is 13.7. The van der Waals surface area contributed by atoms with E-state index in [0.29, 0.717) is 24.8 Å². The smallest absolute Gasteiger partial charge is 0.200 e. The summed E-state index contributed by atoms with van der Waals surface area (Å²) in [5.74, 6) is -10.2. The minimum absolute atomic E-state index is 0.304. The first-order valence-electron chi connectivity index (χ1n) is 6.83. The van der Waals surface area contributed by atoms with Gasteiger partial charge in [-0.25, -0.2) is 22.0 Å². The molecule has 1 aromatic carbocycles. The van der Waals surface area contributed by atoms with Crippen molar-refractivity contribution in [2.45, 2.75) is 44.6 Å². The Labute approximate surface area is 119 Å². The van der Waals surface area contributed by atoms with E-state index in [1.165, 1.54) is 0 Å². The first-order chi connectivity index (χ1) is 9.95. The fourth-order valence-electron chi connectivity index (χ4n) is 2.51. The van der Waals surface area contributed by atoms with Crippen LogP contribution < -0.4 is 0 Å². The van der Waals surface area contributed by atoms with E-state index >= 15 is 0 Å². The molecule has 116 valence electrons. The zero-order valence-electron chi connectivity index (χ0n) is 11.2. The molecule has 1 aliphatic carbocycles. The number of allylic oxidation sites excluding steroid dienone is 1. The lowest BCUT2D eigenvalue weighted by Crippen LogP contribution is -2.13. The van der Waals surface area contributed by atoms with Gasteiger partial charge >= 0.3 is 0 Å². The van der Waals surface area contributed by atoms with Crippen LogP contribution >= 0.6 is 0 Å². The molecule has 0 spiro atoms. The van der Waals surface area contributed by atoms with Crippen molar-refractivity contribution in [3.63, 3.8) is 0 Å². The van der Waals surface area contributed by atoms with Crippen LogP contribution in [0, 0.1) is 29.1 Å². The fraction of sp³-hybridized carbons (Fsp3) is 0.467. The molecule has 1 aromatic rings. The van der Waals surface area contributed by atoms with E-state index in [0.717, 1.165) is 19.3 Å². The quantitative estimate of drug-likeness (QED) is 0.363. The Hall–Kier alpha value is -1.43. The molecule has 0 bridgehead atoms. The molecule has 0 fully saturated rings. The monoisotopic (exact) mass is 306 g/mol. The van der Waals surface area contributed by atoms with Crippen molar-refractivity contribution >= 4 is 0 Å². The van der Waals surface area contributed by atoms with E-state index in [9.17, 15) is 27.1 Å². The molecule has 0 aromatic heterocycles. The van der Waals surface area contributed by atoms with E-state index in [2.05, 4.69) is 0 Å². The Morgan fingerprint density at radius 1 is 0.762 bits per heavy atom. The van der Waals surface area contributed by atoms with E-state index in [1.807, 2.05) is 0 Å².